The molecule has 0 spiro atoms. The lowest BCUT2D eigenvalue weighted by molar-refractivity contribution is 0.233. The molecule has 2 heterocycles. The monoisotopic (exact) mass is 220 g/mol. The molecule has 1 aliphatic carbocycles. The number of nitrogens with zero attached hydrogens (tertiary/aromatic N) is 3. The van der Waals surface area contributed by atoms with Crippen LogP contribution in [0.3, 0.4) is 0 Å². The maximum absolute atomic E-state index is 5.99. The first-order valence-corrected chi connectivity index (χ1v) is 6.26. The molecule has 2 N–H and O–H groups in total. The third-order valence-corrected chi connectivity index (χ3v) is 3.70. The number of hydrogen-bond donors (Lipinski definition) is 1. The highest BCUT2D eigenvalue weighted by Gasteiger charge is 2.33. The molecule has 1 aliphatic heterocycles. The first-order chi connectivity index (χ1) is 7.66. The Kier molecular flexibility index (Phi) is 2.21. The molecule has 0 amide bonds. The van der Waals surface area contributed by atoms with E-state index < -0.39 is 0 Å². The Balaban J connectivity index is 1.94. The molecule has 16 heavy (non-hydrogen) atoms. The van der Waals surface area contributed by atoms with Crippen molar-refractivity contribution in [3.8, 4) is 0 Å². The van der Waals surface area contributed by atoms with E-state index in [1.165, 1.54) is 24.1 Å². The van der Waals surface area contributed by atoms with Crippen LogP contribution in [0.25, 0.3) is 0 Å². The third-order valence-electron chi connectivity index (χ3n) is 3.70. The van der Waals surface area contributed by atoms with Gasteiger partial charge < -0.3 is 5.73 Å². The molecular weight excluding hydrogens is 200 g/mol. The van der Waals surface area contributed by atoms with Crippen molar-refractivity contribution < 1.29 is 0 Å². The fourth-order valence-electron chi connectivity index (χ4n) is 2.67. The summed E-state index contributed by atoms with van der Waals surface area (Å²) in [5.74, 6) is 0.749. The van der Waals surface area contributed by atoms with Crippen LogP contribution < -0.4 is 5.73 Å². The summed E-state index contributed by atoms with van der Waals surface area (Å²) in [6.07, 6.45) is 3.83. The molecule has 0 bridgehead atoms. The Morgan fingerprint density at radius 2 is 2.12 bits per heavy atom. The number of nitrogens with two attached hydrogens (primary N) is 1. The maximum atomic E-state index is 5.99. The largest absolute Gasteiger partial charge is 0.382 e. The molecule has 0 saturated heterocycles. The van der Waals surface area contributed by atoms with E-state index in [-0.39, 0.29) is 0 Å². The summed E-state index contributed by atoms with van der Waals surface area (Å²) >= 11 is 0. The highest BCUT2D eigenvalue weighted by molar-refractivity contribution is 5.44. The SMILES string of the molecule is CC(C)n1nc(N)c2c1CN(C1CC1)CC2. The second-order valence-corrected chi connectivity index (χ2v) is 5.30. The highest BCUT2D eigenvalue weighted by atomic mass is 15.3. The summed E-state index contributed by atoms with van der Waals surface area (Å²) in [5, 5.41) is 4.47. The zero-order valence-electron chi connectivity index (χ0n) is 10.1. The topological polar surface area (TPSA) is 47.1 Å². The molecule has 0 atom stereocenters. The standard InChI is InChI=1S/C12H20N4/c1-8(2)16-11-7-15(9-3-4-9)6-5-10(11)12(13)14-16/h8-9H,3-7H2,1-2H3,(H2,13,14). The Morgan fingerprint density at radius 3 is 2.75 bits per heavy atom. The van der Waals surface area contributed by atoms with Crippen LogP contribution in [-0.2, 0) is 13.0 Å². The maximum Gasteiger partial charge on any atom is 0.149 e. The Bertz CT molecular complexity index is 403. The molecule has 4 heteroatoms. The minimum absolute atomic E-state index is 0.408. The summed E-state index contributed by atoms with van der Waals surface area (Å²) in [6.45, 7) is 6.54. The van der Waals surface area contributed by atoms with E-state index in [0.717, 1.165) is 31.4 Å². The van der Waals surface area contributed by atoms with E-state index in [1.807, 2.05) is 0 Å². The second-order valence-electron chi connectivity index (χ2n) is 5.30. The normalized spacial score (nSPS) is 21.4. The lowest BCUT2D eigenvalue weighted by Crippen LogP contribution is -2.33. The molecule has 3 rings (SSSR count). The number of aromatic nitrogens is 2. The van der Waals surface area contributed by atoms with Crippen molar-refractivity contribution in [2.75, 3.05) is 12.3 Å². The summed E-state index contributed by atoms with van der Waals surface area (Å²) in [6, 6.07) is 1.25. The van der Waals surface area contributed by atoms with E-state index in [0.29, 0.717) is 6.04 Å². The zero-order chi connectivity index (χ0) is 11.3. The second kappa shape index (κ2) is 3.48. The van der Waals surface area contributed by atoms with Gasteiger partial charge in [0.2, 0.25) is 0 Å². The third kappa shape index (κ3) is 1.52. The van der Waals surface area contributed by atoms with E-state index in [2.05, 4.69) is 28.5 Å². The van der Waals surface area contributed by atoms with Gasteiger partial charge in [0, 0.05) is 30.7 Å². The van der Waals surface area contributed by atoms with Crippen LogP contribution >= 0.6 is 0 Å². The minimum Gasteiger partial charge on any atom is -0.382 e. The smallest absolute Gasteiger partial charge is 0.149 e. The molecule has 0 unspecified atom stereocenters. The van der Waals surface area contributed by atoms with Gasteiger partial charge in [0.05, 0.1) is 5.69 Å². The average Bonchev–Trinajstić information content (AvgIpc) is 3.04. The molecule has 4 nitrogen and oxygen atoms in total. The van der Waals surface area contributed by atoms with Crippen molar-refractivity contribution in [2.24, 2.45) is 0 Å². The molecule has 1 saturated carbocycles. The molecule has 0 radical (unpaired) electrons. The fraction of sp³-hybridized carbons (Fsp3) is 0.750. The molecule has 0 aromatic carbocycles. The quantitative estimate of drug-likeness (QED) is 0.823. The Labute approximate surface area is 96.4 Å². The Morgan fingerprint density at radius 1 is 1.38 bits per heavy atom. The van der Waals surface area contributed by atoms with Crippen molar-refractivity contribution >= 4 is 5.82 Å². The van der Waals surface area contributed by atoms with Crippen molar-refractivity contribution in [1.29, 1.82) is 0 Å². The molecule has 2 aliphatic rings. The minimum atomic E-state index is 0.408. The summed E-state index contributed by atoms with van der Waals surface area (Å²) in [4.78, 5) is 2.59. The average molecular weight is 220 g/mol. The van der Waals surface area contributed by atoms with Gasteiger partial charge in [0.1, 0.15) is 5.82 Å². The van der Waals surface area contributed by atoms with Gasteiger partial charge >= 0.3 is 0 Å². The molecular formula is C12H20N4. The van der Waals surface area contributed by atoms with E-state index in [1.54, 1.807) is 0 Å². The number of anilines is 1. The van der Waals surface area contributed by atoms with Crippen LogP contribution in [0, 0.1) is 0 Å². The first kappa shape index (κ1) is 10.1. The van der Waals surface area contributed by atoms with Gasteiger partial charge in [-0.3, -0.25) is 9.58 Å². The lowest BCUT2D eigenvalue weighted by Gasteiger charge is -2.28. The highest BCUT2D eigenvalue weighted by Crippen LogP contribution is 2.33. The predicted molar refractivity (Wildman–Crippen MR) is 64.2 cm³/mol. The molecule has 1 aromatic rings. The van der Waals surface area contributed by atoms with Gasteiger partial charge in [0.15, 0.2) is 0 Å². The van der Waals surface area contributed by atoms with Crippen molar-refractivity contribution in [3.05, 3.63) is 11.3 Å². The summed E-state index contributed by atoms with van der Waals surface area (Å²) in [7, 11) is 0. The van der Waals surface area contributed by atoms with Crippen LogP contribution in [0.15, 0.2) is 0 Å². The van der Waals surface area contributed by atoms with E-state index in [4.69, 9.17) is 5.73 Å². The summed E-state index contributed by atoms with van der Waals surface area (Å²) in [5.41, 5.74) is 8.64. The van der Waals surface area contributed by atoms with Crippen molar-refractivity contribution in [1.82, 2.24) is 14.7 Å². The zero-order valence-corrected chi connectivity index (χ0v) is 10.1. The first-order valence-electron chi connectivity index (χ1n) is 6.26. The van der Waals surface area contributed by atoms with E-state index in [9.17, 15) is 0 Å². The van der Waals surface area contributed by atoms with Gasteiger partial charge in [-0.25, -0.2) is 0 Å². The van der Waals surface area contributed by atoms with Crippen LogP contribution in [0.5, 0.6) is 0 Å². The number of fused-ring (bicyclic) bond motifs is 1. The van der Waals surface area contributed by atoms with Crippen molar-refractivity contribution in [3.63, 3.8) is 0 Å². The van der Waals surface area contributed by atoms with Gasteiger partial charge in [-0.1, -0.05) is 0 Å². The predicted octanol–water partition coefficient (Wildman–Crippen LogP) is 1.57. The lowest BCUT2D eigenvalue weighted by atomic mass is 10.1. The number of hydrogen-bond acceptors (Lipinski definition) is 3. The molecule has 1 fully saturated rings. The fourth-order valence-corrected chi connectivity index (χ4v) is 2.67. The molecule has 1 aromatic heterocycles. The molecule has 88 valence electrons. The van der Waals surface area contributed by atoms with Gasteiger partial charge in [-0.05, 0) is 33.1 Å². The van der Waals surface area contributed by atoms with Gasteiger partial charge in [-0.15, -0.1) is 0 Å². The van der Waals surface area contributed by atoms with Gasteiger partial charge in [-0.2, -0.15) is 5.10 Å². The van der Waals surface area contributed by atoms with Gasteiger partial charge in [0.25, 0.3) is 0 Å². The number of rotatable bonds is 2. The van der Waals surface area contributed by atoms with E-state index >= 15 is 0 Å². The van der Waals surface area contributed by atoms with Crippen LogP contribution in [0.1, 0.15) is 44.0 Å². The Hall–Kier alpha value is -1.03. The van der Waals surface area contributed by atoms with Crippen LogP contribution in [-0.4, -0.2) is 27.3 Å². The number of nitrogen functional groups attached to an aromatic ring is 1. The van der Waals surface area contributed by atoms with Crippen LogP contribution in [0.4, 0.5) is 5.82 Å². The van der Waals surface area contributed by atoms with Crippen LogP contribution in [0.2, 0.25) is 0 Å². The van der Waals surface area contributed by atoms with Crippen molar-refractivity contribution in [2.45, 2.75) is 51.7 Å². The summed E-state index contributed by atoms with van der Waals surface area (Å²) < 4.78 is 2.11.